The van der Waals surface area contributed by atoms with E-state index in [9.17, 15) is 13.2 Å². The van der Waals surface area contributed by atoms with Crippen molar-refractivity contribution in [1.29, 1.82) is 0 Å². The van der Waals surface area contributed by atoms with Crippen LogP contribution in [0.3, 0.4) is 0 Å². The van der Waals surface area contributed by atoms with Crippen LogP contribution < -0.4 is 15.4 Å². The molecule has 0 aliphatic carbocycles. The molecule has 22 heavy (non-hydrogen) atoms. The Morgan fingerprint density at radius 1 is 1.27 bits per heavy atom. The molecule has 122 valence electrons. The van der Waals surface area contributed by atoms with E-state index < -0.39 is 10.0 Å². The standard InChI is InChI=1S/C13H18N4O3S.ClH/c1-14-7-4-8-15-12(18)9-16-13-10-5-2-3-6-11(10)21(19,20)17-13;/h2-3,5-6,14H,4,7-9H2,1H3,(H,15,18)(H,16,17);1H. The third-order valence-electron chi connectivity index (χ3n) is 2.97. The van der Waals surface area contributed by atoms with Crippen LogP contribution in [0.2, 0.25) is 0 Å². The molecular formula is C13H19ClN4O3S. The van der Waals surface area contributed by atoms with Gasteiger partial charge >= 0.3 is 0 Å². The number of benzene rings is 1. The summed E-state index contributed by atoms with van der Waals surface area (Å²) in [5, 5.41) is 5.71. The average Bonchev–Trinajstić information content (AvgIpc) is 2.73. The number of carbonyl (C=O) groups is 1. The molecule has 9 heteroatoms. The number of hydrogen-bond donors (Lipinski definition) is 3. The van der Waals surface area contributed by atoms with E-state index in [1.54, 1.807) is 18.2 Å². The topological polar surface area (TPSA) is 99.7 Å². The van der Waals surface area contributed by atoms with E-state index in [4.69, 9.17) is 0 Å². The number of hydrogen-bond acceptors (Lipinski definition) is 5. The number of amides is 1. The lowest BCUT2D eigenvalue weighted by atomic mass is 10.2. The van der Waals surface area contributed by atoms with Crippen LogP contribution in [0.5, 0.6) is 0 Å². The van der Waals surface area contributed by atoms with Crippen LogP contribution in [0.1, 0.15) is 12.0 Å². The Kier molecular flexibility index (Phi) is 6.79. The fourth-order valence-electron chi connectivity index (χ4n) is 1.95. The highest BCUT2D eigenvalue weighted by Gasteiger charge is 2.30. The molecule has 3 N–H and O–H groups in total. The molecular weight excluding hydrogens is 328 g/mol. The second-order valence-corrected chi connectivity index (χ2v) is 6.22. The van der Waals surface area contributed by atoms with Crippen LogP contribution in [0, 0.1) is 0 Å². The predicted molar refractivity (Wildman–Crippen MR) is 87.0 cm³/mol. The lowest BCUT2D eigenvalue weighted by Crippen LogP contribution is -2.30. The number of halogens is 1. The minimum absolute atomic E-state index is 0. The Morgan fingerprint density at radius 3 is 2.73 bits per heavy atom. The molecule has 1 aliphatic heterocycles. The van der Waals surface area contributed by atoms with Gasteiger partial charge in [-0.2, -0.15) is 0 Å². The number of rotatable bonds is 6. The molecule has 1 aromatic rings. The van der Waals surface area contributed by atoms with E-state index in [0.717, 1.165) is 13.0 Å². The van der Waals surface area contributed by atoms with Crippen LogP contribution in [0.25, 0.3) is 0 Å². The second kappa shape index (κ2) is 8.11. The van der Waals surface area contributed by atoms with Gasteiger partial charge in [0.25, 0.3) is 10.0 Å². The zero-order chi connectivity index (χ0) is 15.3. The fraction of sp³-hybridized carbons (Fsp3) is 0.385. The third kappa shape index (κ3) is 4.43. The molecule has 0 saturated carbocycles. The van der Waals surface area contributed by atoms with Crippen LogP contribution in [0.4, 0.5) is 0 Å². The van der Waals surface area contributed by atoms with Gasteiger partial charge in [0.2, 0.25) is 5.91 Å². The molecule has 0 spiro atoms. The lowest BCUT2D eigenvalue weighted by molar-refractivity contribution is -0.119. The number of fused-ring (bicyclic) bond motifs is 1. The maximum absolute atomic E-state index is 11.9. The molecule has 7 nitrogen and oxygen atoms in total. The van der Waals surface area contributed by atoms with Crippen molar-refractivity contribution < 1.29 is 13.2 Å². The monoisotopic (exact) mass is 346 g/mol. The van der Waals surface area contributed by atoms with Crippen molar-refractivity contribution in [1.82, 2.24) is 15.4 Å². The van der Waals surface area contributed by atoms with E-state index >= 15 is 0 Å². The molecule has 0 fully saturated rings. The molecule has 0 bridgehead atoms. The zero-order valence-electron chi connectivity index (χ0n) is 12.1. The number of sulfonamides is 1. The maximum Gasteiger partial charge on any atom is 0.263 e. The van der Waals surface area contributed by atoms with Gasteiger partial charge in [-0.05, 0) is 32.1 Å². The molecule has 0 radical (unpaired) electrons. The van der Waals surface area contributed by atoms with Crippen molar-refractivity contribution in [3.8, 4) is 0 Å². The Balaban J connectivity index is 0.00000242. The summed E-state index contributed by atoms with van der Waals surface area (Å²) in [5.41, 5.74) is 0.500. The highest BCUT2D eigenvalue weighted by molar-refractivity contribution is 7.90. The van der Waals surface area contributed by atoms with Crippen molar-refractivity contribution >= 4 is 34.2 Å². The average molecular weight is 347 g/mol. The predicted octanol–water partition coefficient (Wildman–Crippen LogP) is -0.127. The highest BCUT2D eigenvalue weighted by atomic mass is 35.5. The second-order valence-electron chi connectivity index (χ2n) is 4.57. The summed E-state index contributed by atoms with van der Waals surface area (Å²) >= 11 is 0. The number of carbonyl (C=O) groups excluding carboxylic acids is 1. The van der Waals surface area contributed by atoms with Crippen molar-refractivity contribution in [3.63, 3.8) is 0 Å². The first kappa shape index (κ1) is 18.4. The molecule has 2 rings (SSSR count). The van der Waals surface area contributed by atoms with Crippen LogP contribution >= 0.6 is 12.4 Å². The first-order chi connectivity index (χ1) is 10.0. The van der Waals surface area contributed by atoms with E-state index in [0.29, 0.717) is 12.1 Å². The summed E-state index contributed by atoms with van der Waals surface area (Å²) < 4.78 is 26.1. The minimum atomic E-state index is -3.55. The molecule has 1 aliphatic rings. The molecule has 0 aromatic heterocycles. The molecule has 1 heterocycles. The summed E-state index contributed by atoms with van der Waals surface area (Å²) in [6.07, 6.45) is 0.828. The number of nitrogens with zero attached hydrogens (tertiary/aromatic N) is 1. The highest BCUT2D eigenvalue weighted by Crippen LogP contribution is 2.21. The van der Waals surface area contributed by atoms with Gasteiger partial charge in [0.05, 0.1) is 4.90 Å². The van der Waals surface area contributed by atoms with Crippen molar-refractivity contribution in [2.24, 2.45) is 4.99 Å². The van der Waals surface area contributed by atoms with E-state index in [1.165, 1.54) is 6.07 Å². The summed E-state index contributed by atoms with van der Waals surface area (Å²) in [5.74, 6) is -0.0156. The van der Waals surface area contributed by atoms with Crippen LogP contribution in [0.15, 0.2) is 34.2 Å². The number of aliphatic imine (C=N–C) groups is 1. The lowest BCUT2D eigenvalue weighted by Gasteiger charge is -2.03. The van der Waals surface area contributed by atoms with E-state index in [1.807, 2.05) is 7.05 Å². The Labute approximate surface area is 136 Å². The molecule has 0 saturated heterocycles. The summed E-state index contributed by atoms with van der Waals surface area (Å²) in [4.78, 5) is 15.9. The quantitative estimate of drug-likeness (QED) is 0.625. The van der Waals surface area contributed by atoms with Crippen LogP contribution in [-0.4, -0.2) is 46.8 Å². The summed E-state index contributed by atoms with van der Waals surface area (Å²) in [6.45, 7) is 1.28. The van der Waals surface area contributed by atoms with Crippen molar-refractivity contribution in [2.75, 3.05) is 26.7 Å². The molecule has 1 amide bonds. The summed E-state index contributed by atoms with van der Waals surface area (Å²) in [6, 6.07) is 6.55. The number of nitrogens with one attached hydrogen (secondary N) is 3. The van der Waals surface area contributed by atoms with Gasteiger partial charge < -0.3 is 10.6 Å². The third-order valence-corrected chi connectivity index (χ3v) is 4.37. The molecule has 0 unspecified atom stereocenters. The van der Waals surface area contributed by atoms with Crippen LogP contribution in [-0.2, 0) is 14.8 Å². The first-order valence-corrected chi connectivity index (χ1v) is 8.11. The van der Waals surface area contributed by atoms with Gasteiger partial charge in [-0.15, -0.1) is 12.4 Å². The number of amidine groups is 1. The van der Waals surface area contributed by atoms with Gasteiger partial charge in [-0.25, -0.2) is 8.42 Å². The smallest absolute Gasteiger partial charge is 0.263 e. The van der Waals surface area contributed by atoms with E-state index in [-0.39, 0.29) is 35.6 Å². The Bertz CT molecular complexity index is 661. The molecule has 0 atom stereocenters. The van der Waals surface area contributed by atoms with Crippen molar-refractivity contribution in [3.05, 3.63) is 29.8 Å². The Morgan fingerprint density at radius 2 is 2.00 bits per heavy atom. The van der Waals surface area contributed by atoms with Gasteiger partial charge in [-0.1, -0.05) is 12.1 Å². The SMILES string of the molecule is CNCCCNC(=O)CN=C1NS(=O)(=O)c2ccccc21.Cl. The van der Waals surface area contributed by atoms with Gasteiger partial charge in [0.1, 0.15) is 12.4 Å². The fourth-order valence-corrected chi connectivity index (χ4v) is 3.20. The maximum atomic E-state index is 11.9. The Hall–Kier alpha value is -1.64. The largest absolute Gasteiger partial charge is 0.354 e. The van der Waals surface area contributed by atoms with E-state index in [2.05, 4.69) is 20.3 Å². The van der Waals surface area contributed by atoms with Gasteiger partial charge in [0.15, 0.2) is 0 Å². The molecule has 1 aromatic carbocycles. The van der Waals surface area contributed by atoms with Gasteiger partial charge in [0, 0.05) is 12.1 Å². The van der Waals surface area contributed by atoms with Gasteiger partial charge in [-0.3, -0.25) is 14.5 Å². The first-order valence-electron chi connectivity index (χ1n) is 6.62. The minimum Gasteiger partial charge on any atom is -0.354 e. The summed E-state index contributed by atoms with van der Waals surface area (Å²) in [7, 11) is -1.70. The zero-order valence-corrected chi connectivity index (χ0v) is 13.8. The van der Waals surface area contributed by atoms with Crippen molar-refractivity contribution in [2.45, 2.75) is 11.3 Å². The normalized spacial score (nSPS) is 16.5.